The Kier molecular flexibility index (Phi) is 8.12. The van der Waals surface area contributed by atoms with Crippen LogP contribution in [0.15, 0.2) is 24.3 Å². The third-order valence-corrected chi connectivity index (χ3v) is 1.63. The number of hydrogen-bond acceptors (Lipinski definition) is 2. The molecule has 3 N–H and O–H groups in total. The van der Waals surface area contributed by atoms with Gasteiger partial charge in [-0.2, -0.15) is 0 Å². The van der Waals surface area contributed by atoms with Crippen molar-refractivity contribution in [2.75, 3.05) is 5.73 Å². The molecule has 0 bridgehead atoms. The molecule has 1 aromatic rings. The molecule has 0 aliphatic rings. The lowest BCUT2D eigenvalue weighted by Crippen LogP contribution is -2.30. The number of nitrogens with two attached hydrogens (primary N) is 1. The molecule has 5 heteroatoms. The largest absolute Gasteiger partial charge is 0.398 e. The van der Waals surface area contributed by atoms with Gasteiger partial charge in [-0.25, -0.2) is 0 Å². The van der Waals surface area contributed by atoms with Crippen LogP contribution < -0.4 is 11.1 Å². The Morgan fingerprint density at radius 3 is 2.33 bits per heavy atom. The molecule has 3 nitrogen and oxygen atoms in total. The zero-order valence-corrected chi connectivity index (χ0v) is 12.9. The normalized spacial score (nSPS) is 9.13. The SMILES string of the molecule is CC(C)NC(=O)c1ccccc1N.II. The zero-order valence-electron chi connectivity index (χ0n) is 8.63. The number of para-hydroxylation sites is 1. The Hall–Kier alpha value is -0.0500. The minimum Gasteiger partial charge on any atom is -0.398 e. The van der Waals surface area contributed by atoms with Crippen molar-refractivity contribution in [3.63, 3.8) is 0 Å². The fourth-order valence-electron chi connectivity index (χ4n) is 1.04. The summed E-state index contributed by atoms with van der Waals surface area (Å²) in [5.41, 5.74) is 6.69. The number of nitrogens with one attached hydrogen (secondary N) is 1. The first kappa shape index (κ1) is 14.9. The van der Waals surface area contributed by atoms with Gasteiger partial charge in [-0.1, -0.05) is 12.1 Å². The van der Waals surface area contributed by atoms with Crippen LogP contribution in [0.5, 0.6) is 0 Å². The second-order valence-electron chi connectivity index (χ2n) is 3.22. The lowest BCUT2D eigenvalue weighted by atomic mass is 10.1. The average Bonchev–Trinajstić information content (AvgIpc) is 2.20. The van der Waals surface area contributed by atoms with Gasteiger partial charge in [-0.3, -0.25) is 4.79 Å². The predicted molar refractivity (Wildman–Crippen MR) is 81.5 cm³/mol. The predicted octanol–water partition coefficient (Wildman–Crippen LogP) is 3.18. The van der Waals surface area contributed by atoms with Gasteiger partial charge in [0.25, 0.3) is 5.91 Å². The Balaban J connectivity index is 0.000000921. The van der Waals surface area contributed by atoms with E-state index >= 15 is 0 Å². The van der Waals surface area contributed by atoms with Gasteiger partial charge in [-0.05, 0) is 26.0 Å². The molecule has 84 valence electrons. The van der Waals surface area contributed by atoms with Crippen molar-refractivity contribution in [1.29, 1.82) is 0 Å². The molecule has 0 heterocycles. The highest BCUT2D eigenvalue weighted by molar-refractivity contribution is 15.0. The molecule has 15 heavy (non-hydrogen) atoms. The van der Waals surface area contributed by atoms with Crippen LogP contribution >= 0.6 is 37.2 Å². The molecule has 1 aromatic carbocycles. The Bertz CT molecular complexity index is 316. The van der Waals surface area contributed by atoms with Gasteiger partial charge in [0.2, 0.25) is 0 Å². The molecule has 0 atom stereocenters. The number of carbonyl (C=O) groups is 1. The Labute approximate surface area is 114 Å². The highest BCUT2D eigenvalue weighted by Gasteiger charge is 2.08. The van der Waals surface area contributed by atoms with Gasteiger partial charge >= 0.3 is 0 Å². The molecule has 0 unspecified atom stereocenters. The van der Waals surface area contributed by atoms with Crippen molar-refractivity contribution < 1.29 is 4.79 Å². The molecule has 0 fully saturated rings. The molecular formula is C10H14I2N2O. The minimum absolute atomic E-state index is 0.117. The topological polar surface area (TPSA) is 55.1 Å². The number of nitrogen functional groups attached to an aromatic ring is 1. The van der Waals surface area contributed by atoms with Gasteiger partial charge in [0, 0.05) is 49.0 Å². The summed E-state index contributed by atoms with van der Waals surface area (Å²) in [4.78, 5) is 11.5. The maximum absolute atomic E-state index is 11.5. The number of halogens is 2. The molecule has 0 aliphatic heterocycles. The van der Waals surface area contributed by atoms with Gasteiger partial charge in [0.05, 0.1) is 5.56 Å². The number of hydrogen-bond donors (Lipinski definition) is 2. The molecule has 0 spiro atoms. The number of anilines is 1. The van der Waals surface area contributed by atoms with Crippen molar-refractivity contribution >= 4 is 48.8 Å². The third kappa shape index (κ3) is 5.55. The van der Waals surface area contributed by atoms with Crippen molar-refractivity contribution in [3.8, 4) is 0 Å². The van der Waals surface area contributed by atoms with E-state index in [-0.39, 0.29) is 11.9 Å². The highest BCUT2D eigenvalue weighted by atomic mass is 128. The Morgan fingerprint density at radius 2 is 1.87 bits per heavy atom. The van der Waals surface area contributed by atoms with E-state index in [0.29, 0.717) is 11.3 Å². The number of benzene rings is 1. The van der Waals surface area contributed by atoms with Crippen molar-refractivity contribution in [1.82, 2.24) is 5.32 Å². The number of amides is 1. The molecule has 0 radical (unpaired) electrons. The van der Waals surface area contributed by atoms with E-state index in [1.54, 1.807) is 18.2 Å². The van der Waals surface area contributed by atoms with Crippen LogP contribution in [0.2, 0.25) is 0 Å². The molecule has 0 aromatic heterocycles. The summed E-state index contributed by atoms with van der Waals surface area (Å²) in [5.74, 6) is -0.117. The summed E-state index contributed by atoms with van der Waals surface area (Å²) < 4.78 is 0. The number of rotatable bonds is 2. The van der Waals surface area contributed by atoms with E-state index < -0.39 is 0 Å². The van der Waals surface area contributed by atoms with Crippen molar-refractivity contribution in [2.24, 2.45) is 0 Å². The first-order chi connectivity index (χ1) is 7.11. The highest BCUT2D eigenvalue weighted by Crippen LogP contribution is 2.09. The van der Waals surface area contributed by atoms with Crippen molar-refractivity contribution in [3.05, 3.63) is 29.8 Å². The second kappa shape index (κ2) is 8.14. The van der Waals surface area contributed by atoms with Gasteiger partial charge in [-0.15, -0.1) is 0 Å². The summed E-state index contributed by atoms with van der Waals surface area (Å²) in [5, 5.41) is 2.78. The first-order valence-electron chi connectivity index (χ1n) is 4.41. The molecule has 1 amide bonds. The van der Waals surface area contributed by atoms with E-state index in [1.165, 1.54) is 0 Å². The summed E-state index contributed by atoms with van der Waals surface area (Å²) in [7, 11) is 0. The minimum atomic E-state index is -0.117. The van der Waals surface area contributed by atoms with Crippen LogP contribution in [0.4, 0.5) is 5.69 Å². The molecule has 1 rings (SSSR count). The van der Waals surface area contributed by atoms with Crippen LogP contribution in [0.3, 0.4) is 0 Å². The lowest BCUT2D eigenvalue weighted by Gasteiger charge is -2.09. The van der Waals surface area contributed by atoms with E-state index in [4.69, 9.17) is 5.73 Å². The summed E-state index contributed by atoms with van der Waals surface area (Å²) in [6, 6.07) is 7.17. The van der Waals surface area contributed by atoms with E-state index in [1.807, 2.05) is 19.9 Å². The van der Waals surface area contributed by atoms with Gasteiger partial charge < -0.3 is 11.1 Å². The van der Waals surface area contributed by atoms with Crippen molar-refractivity contribution in [2.45, 2.75) is 19.9 Å². The average molecular weight is 432 g/mol. The van der Waals surface area contributed by atoms with Crippen LogP contribution in [0, 0.1) is 0 Å². The monoisotopic (exact) mass is 432 g/mol. The van der Waals surface area contributed by atoms with E-state index in [9.17, 15) is 4.79 Å². The molecular weight excluding hydrogens is 418 g/mol. The maximum atomic E-state index is 11.5. The van der Waals surface area contributed by atoms with E-state index in [2.05, 4.69) is 42.5 Å². The maximum Gasteiger partial charge on any atom is 0.253 e. The van der Waals surface area contributed by atoms with Gasteiger partial charge in [0.15, 0.2) is 0 Å². The Morgan fingerprint density at radius 1 is 1.33 bits per heavy atom. The quantitative estimate of drug-likeness (QED) is 0.558. The second-order valence-corrected chi connectivity index (χ2v) is 3.22. The fraction of sp³-hybridized carbons (Fsp3) is 0.300. The van der Waals surface area contributed by atoms with Crippen LogP contribution in [-0.2, 0) is 0 Å². The smallest absolute Gasteiger partial charge is 0.253 e. The van der Waals surface area contributed by atoms with Crippen LogP contribution in [-0.4, -0.2) is 11.9 Å². The van der Waals surface area contributed by atoms with E-state index in [0.717, 1.165) is 0 Å². The standard InChI is InChI=1S/C10H14N2O.I2/c1-7(2)12-10(13)8-5-3-4-6-9(8)11;1-2/h3-7H,11H2,1-2H3,(H,12,13);. The first-order valence-corrected chi connectivity index (χ1v) is 10.7. The molecule has 0 saturated carbocycles. The summed E-state index contributed by atoms with van der Waals surface area (Å²) in [6.07, 6.45) is 0. The lowest BCUT2D eigenvalue weighted by molar-refractivity contribution is 0.0944. The summed E-state index contributed by atoms with van der Waals surface area (Å²) >= 11 is 4.24. The summed E-state index contributed by atoms with van der Waals surface area (Å²) in [6.45, 7) is 3.83. The van der Waals surface area contributed by atoms with Crippen LogP contribution in [0.1, 0.15) is 24.2 Å². The molecule has 0 saturated heterocycles. The fourth-order valence-corrected chi connectivity index (χ4v) is 1.04. The third-order valence-electron chi connectivity index (χ3n) is 1.63. The zero-order chi connectivity index (χ0) is 11.8. The van der Waals surface area contributed by atoms with Gasteiger partial charge in [0.1, 0.15) is 0 Å². The number of carbonyl (C=O) groups excluding carboxylic acids is 1. The molecule has 0 aliphatic carbocycles. The van der Waals surface area contributed by atoms with Crippen LogP contribution in [0.25, 0.3) is 0 Å².